The lowest BCUT2D eigenvalue weighted by atomic mass is 10.1. The molecule has 0 aromatic rings. The van der Waals surface area contributed by atoms with E-state index in [2.05, 4.69) is 25.6 Å². The summed E-state index contributed by atoms with van der Waals surface area (Å²) in [5.74, 6) is 1.29. The van der Waals surface area contributed by atoms with Crippen LogP contribution in [-0.4, -0.2) is 44.6 Å². The molecular formula is C27H54N2O6. The third-order valence-electron chi connectivity index (χ3n) is 3.97. The van der Waals surface area contributed by atoms with Crippen LogP contribution in [0.1, 0.15) is 139 Å². The number of carboxylic acids is 1. The van der Waals surface area contributed by atoms with Crippen LogP contribution in [0.5, 0.6) is 0 Å². The van der Waals surface area contributed by atoms with Gasteiger partial charge in [-0.2, -0.15) is 4.79 Å². The quantitative estimate of drug-likeness (QED) is 0.0928. The zero-order chi connectivity index (χ0) is 27.6. The van der Waals surface area contributed by atoms with Crippen LogP contribution < -0.4 is 0 Å². The number of carbonyl (C=O) groups excluding carboxylic acids is 3. The van der Waals surface area contributed by atoms with Crippen molar-refractivity contribution < 1.29 is 34.6 Å². The fourth-order valence-electron chi connectivity index (χ4n) is 1.89. The molecule has 208 valence electrons. The van der Waals surface area contributed by atoms with Gasteiger partial charge in [-0.1, -0.05) is 73.6 Å². The predicted molar refractivity (Wildman–Crippen MR) is 146 cm³/mol. The molecule has 0 aliphatic carbocycles. The molecular weight excluding hydrogens is 448 g/mol. The van der Waals surface area contributed by atoms with Gasteiger partial charge in [-0.25, -0.2) is 4.79 Å². The van der Waals surface area contributed by atoms with E-state index in [1.54, 1.807) is 12.9 Å². The average molecular weight is 503 g/mol. The standard InChI is InChI=1S/C7H12N2O.C6H12O2.C6H12O.C6H10O.C2H6.H2O/c1-3-4-5-7(10)6(2)9-8;1-2-3-4-5-6(7)8;1-3-4-5-6(2)7;1-2-3-4-5-6-7;1-2;/h3-5H2,1-2H3;2-5H2,1H3,(H,7,8);3-5H2,1-2H3;5H,2-4H2,1H3;1-2H3;1H2. The average Bonchev–Trinajstić information content (AvgIpc) is 2.83. The van der Waals surface area contributed by atoms with E-state index in [0.717, 1.165) is 70.6 Å². The first-order chi connectivity index (χ1) is 16.2. The van der Waals surface area contributed by atoms with E-state index in [9.17, 15) is 19.2 Å². The van der Waals surface area contributed by atoms with Crippen molar-refractivity contribution in [2.45, 2.75) is 139 Å². The highest BCUT2D eigenvalue weighted by molar-refractivity contribution is 6.36. The maximum Gasteiger partial charge on any atom is 0.331 e. The highest BCUT2D eigenvalue weighted by Crippen LogP contribution is 1.97. The van der Waals surface area contributed by atoms with Gasteiger partial charge < -0.3 is 20.9 Å². The number of allylic oxidation sites excluding steroid dienone is 1. The summed E-state index contributed by atoms with van der Waals surface area (Å²) >= 11 is 0. The van der Waals surface area contributed by atoms with Crippen molar-refractivity contribution in [3.05, 3.63) is 11.6 Å². The van der Waals surface area contributed by atoms with E-state index < -0.39 is 5.97 Å². The lowest BCUT2D eigenvalue weighted by Gasteiger charge is -1.89. The van der Waals surface area contributed by atoms with Gasteiger partial charge in [0.2, 0.25) is 5.78 Å². The molecule has 0 heterocycles. The molecule has 0 rings (SSSR count). The Kier molecular flexibility index (Phi) is 59.3. The minimum absolute atomic E-state index is 0. The lowest BCUT2D eigenvalue weighted by Crippen LogP contribution is -2.10. The second-order valence-corrected chi connectivity index (χ2v) is 7.33. The predicted octanol–water partition coefficient (Wildman–Crippen LogP) is 6.62. The van der Waals surface area contributed by atoms with Crippen molar-refractivity contribution >= 4 is 29.2 Å². The second kappa shape index (κ2) is 45.1. The fraction of sp³-hybridized carbons (Fsp3) is 0.778. The van der Waals surface area contributed by atoms with E-state index in [-0.39, 0.29) is 17.0 Å². The van der Waals surface area contributed by atoms with Crippen LogP contribution in [0.4, 0.5) is 0 Å². The zero-order valence-electron chi connectivity index (χ0n) is 23.7. The Labute approximate surface area is 214 Å². The second-order valence-electron chi connectivity index (χ2n) is 7.33. The minimum Gasteiger partial charge on any atom is -0.481 e. The SMILES string of the molecule is CC.CCCCC(=O)C(C)=[N+]=[N-].CCCCC(C)=O.CCCCC=C=O.CCCCCC(=O)O.O. The molecule has 8 nitrogen and oxygen atoms in total. The van der Waals surface area contributed by atoms with E-state index in [0.29, 0.717) is 18.6 Å². The lowest BCUT2D eigenvalue weighted by molar-refractivity contribution is -0.137. The molecule has 8 heteroatoms. The summed E-state index contributed by atoms with van der Waals surface area (Å²) in [5.41, 5.74) is 8.37. The number of carboxylic acid groups (broad SMARTS) is 1. The third kappa shape index (κ3) is 65.2. The number of hydrogen-bond donors (Lipinski definition) is 1. The maximum atomic E-state index is 10.8. The number of ketones is 2. The molecule has 0 saturated carbocycles. The van der Waals surface area contributed by atoms with Crippen LogP contribution in [0, 0.1) is 0 Å². The first kappa shape index (κ1) is 46.0. The van der Waals surface area contributed by atoms with E-state index in [1.807, 2.05) is 20.8 Å². The molecule has 0 aromatic carbocycles. The van der Waals surface area contributed by atoms with Crippen molar-refractivity contribution in [3.8, 4) is 0 Å². The van der Waals surface area contributed by atoms with Gasteiger partial charge >= 0.3 is 11.7 Å². The van der Waals surface area contributed by atoms with Crippen molar-refractivity contribution in [2.75, 3.05) is 0 Å². The first-order valence-electron chi connectivity index (χ1n) is 12.8. The zero-order valence-corrected chi connectivity index (χ0v) is 23.7. The van der Waals surface area contributed by atoms with Gasteiger partial charge in [-0.05, 0) is 45.1 Å². The molecule has 35 heavy (non-hydrogen) atoms. The van der Waals surface area contributed by atoms with Crippen molar-refractivity contribution in [1.82, 2.24) is 0 Å². The Morgan fingerprint density at radius 3 is 1.57 bits per heavy atom. The van der Waals surface area contributed by atoms with E-state index in [4.69, 9.17) is 10.6 Å². The number of hydrogen-bond acceptors (Lipinski definition) is 4. The van der Waals surface area contributed by atoms with Gasteiger partial charge in [0.15, 0.2) is 0 Å². The van der Waals surface area contributed by atoms with Crippen molar-refractivity contribution in [2.24, 2.45) is 0 Å². The van der Waals surface area contributed by atoms with Crippen molar-refractivity contribution in [1.29, 1.82) is 0 Å². The monoisotopic (exact) mass is 502 g/mol. The Bertz CT molecular complexity index is 558. The third-order valence-corrected chi connectivity index (χ3v) is 3.97. The van der Waals surface area contributed by atoms with Crippen LogP contribution in [0.25, 0.3) is 5.53 Å². The molecule has 0 spiro atoms. The van der Waals surface area contributed by atoms with Gasteiger partial charge in [0, 0.05) is 26.2 Å². The molecule has 3 N–H and O–H groups in total. The summed E-state index contributed by atoms with van der Waals surface area (Å²) in [7, 11) is 0. The molecule has 0 fully saturated rings. The molecule has 0 bridgehead atoms. The molecule has 0 amide bonds. The molecule has 0 aliphatic heterocycles. The Morgan fingerprint density at radius 2 is 1.26 bits per heavy atom. The molecule has 0 radical (unpaired) electrons. The largest absolute Gasteiger partial charge is 0.481 e. The number of rotatable bonds is 14. The van der Waals surface area contributed by atoms with Gasteiger partial charge in [0.05, 0.1) is 0 Å². The highest BCUT2D eigenvalue weighted by atomic mass is 16.4. The number of Topliss-reactive ketones (excluding diaryl/α,β-unsaturated/α-hetero) is 2. The topological polar surface area (TPSA) is 156 Å². The Balaban J connectivity index is -0.0000000782. The summed E-state index contributed by atoms with van der Waals surface area (Å²) in [6.07, 6.45) is 13.2. The molecule has 0 saturated heterocycles. The summed E-state index contributed by atoms with van der Waals surface area (Å²) in [6.45, 7) is 15.4. The van der Waals surface area contributed by atoms with Crippen LogP contribution in [0.15, 0.2) is 6.08 Å². The normalized spacial score (nSPS) is 8.00. The summed E-state index contributed by atoms with van der Waals surface area (Å²) in [6, 6.07) is 0. The van der Waals surface area contributed by atoms with Crippen LogP contribution in [0.2, 0.25) is 0 Å². The van der Waals surface area contributed by atoms with Crippen LogP contribution >= 0.6 is 0 Å². The van der Waals surface area contributed by atoms with Gasteiger partial charge in [0.25, 0.3) is 0 Å². The summed E-state index contributed by atoms with van der Waals surface area (Å²) in [5, 5.41) is 8.14. The smallest absolute Gasteiger partial charge is 0.331 e. The first-order valence-corrected chi connectivity index (χ1v) is 12.8. The summed E-state index contributed by atoms with van der Waals surface area (Å²) < 4.78 is 0. The Morgan fingerprint density at radius 1 is 0.800 bits per heavy atom. The van der Waals surface area contributed by atoms with E-state index in [1.165, 1.54) is 13.0 Å². The van der Waals surface area contributed by atoms with Gasteiger partial charge in [-0.3, -0.25) is 9.59 Å². The molecule has 0 aliphatic rings. The van der Waals surface area contributed by atoms with Crippen LogP contribution in [-0.2, 0) is 19.2 Å². The molecule has 0 unspecified atom stereocenters. The molecule has 0 atom stereocenters. The van der Waals surface area contributed by atoms with Crippen LogP contribution in [0.3, 0.4) is 0 Å². The number of aliphatic carboxylic acids is 1. The summed E-state index contributed by atoms with van der Waals surface area (Å²) in [4.78, 5) is 43.2. The fourth-order valence-corrected chi connectivity index (χ4v) is 1.89. The van der Waals surface area contributed by atoms with Crippen molar-refractivity contribution in [3.63, 3.8) is 0 Å². The highest BCUT2D eigenvalue weighted by Gasteiger charge is 2.11. The number of nitrogens with zero attached hydrogens (tertiary/aromatic N) is 2. The van der Waals surface area contributed by atoms with Gasteiger partial charge in [-0.15, -0.1) is 0 Å². The van der Waals surface area contributed by atoms with Gasteiger partial charge in [0.1, 0.15) is 11.7 Å². The number of carbonyl (C=O) groups is 3. The maximum absolute atomic E-state index is 10.8. The molecule has 0 aromatic heterocycles. The Hall–Kier alpha value is -2.40. The number of unbranched alkanes of at least 4 members (excludes halogenated alkanes) is 6. The minimum atomic E-state index is -0.682. The van der Waals surface area contributed by atoms with E-state index >= 15 is 0 Å².